The molecule has 38 heavy (non-hydrogen) atoms. The van der Waals surface area contributed by atoms with Crippen LogP contribution in [0.4, 0.5) is 11.5 Å². The van der Waals surface area contributed by atoms with E-state index in [0.29, 0.717) is 47.7 Å². The molecule has 2 saturated heterocycles. The van der Waals surface area contributed by atoms with Gasteiger partial charge < -0.3 is 14.9 Å². The zero-order valence-electron chi connectivity index (χ0n) is 21.0. The molecular formula is C25H28BrN7O4S. The molecule has 4 heterocycles. The van der Waals surface area contributed by atoms with Crippen molar-refractivity contribution in [2.75, 3.05) is 35.5 Å². The largest absolute Gasteiger partial charge is 0.390 e. The molecule has 11 nitrogen and oxygen atoms in total. The number of carbonyl (C=O) groups is 1. The first-order valence-corrected chi connectivity index (χ1v) is 15.0. The molecule has 5 rings (SSSR count). The van der Waals surface area contributed by atoms with Gasteiger partial charge in [-0.15, -0.1) is 0 Å². The van der Waals surface area contributed by atoms with E-state index < -0.39 is 22.0 Å². The van der Waals surface area contributed by atoms with Crippen LogP contribution in [0.5, 0.6) is 0 Å². The van der Waals surface area contributed by atoms with Crippen LogP contribution in [0.15, 0.2) is 34.9 Å². The van der Waals surface area contributed by atoms with Crippen LogP contribution in [-0.4, -0.2) is 70.9 Å². The van der Waals surface area contributed by atoms with Crippen molar-refractivity contribution in [2.45, 2.75) is 38.3 Å². The molecule has 3 aromatic rings. The van der Waals surface area contributed by atoms with E-state index in [1.807, 2.05) is 24.1 Å². The fraction of sp³-hybridized carbons (Fsp3) is 0.440. The van der Waals surface area contributed by atoms with E-state index in [4.69, 9.17) is 10.1 Å². The van der Waals surface area contributed by atoms with Crippen LogP contribution in [-0.2, 0) is 10.0 Å². The van der Waals surface area contributed by atoms with Crippen LogP contribution in [0.2, 0.25) is 0 Å². The maximum atomic E-state index is 13.8. The van der Waals surface area contributed by atoms with Crippen molar-refractivity contribution >= 4 is 49.0 Å². The number of benzene rings is 1. The highest BCUT2D eigenvalue weighted by Gasteiger charge is 2.34. The summed E-state index contributed by atoms with van der Waals surface area (Å²) in [6.45, 7) is 3.17. The number of para-hydroxylation sites is 1. The summed E-state index contributed by atoms with van der Waals surface area (Å²) in [5, 5.41) is 24.2. The number of amides is 1. The highest BCUT2D eigenvalue weighted by atomic mass is 79.9. The Morgan fingerprint density at radius 3 is 2.79 bits per heavy atom. The molecule has 2 aliphatic rings. The van der Waals surface area contributed by atoms with Gasteiger partial charge in [0.1, 0.15) is 5.82 Å². The number of β-amino-alcohol motifs (C(OH)–C–C–N with tert-alkyl or cyclic N) is 1. The number of anilines is 2. The fourth-order valence-corrected chi connectivity index (χ4v) is 6.40. The van der Waals surface area contributed by atoms with Gasteiger partial charge in [-0.2, -0.15) is 10.4 Å². The van der Waals surface area contributed by atoms with E-state index in [-0.39, 0.29) is 23.2 Å². The van der Waals surface area contributed by atoms with Gasteiger partial charge in [-0.25, -0.2) is 17.9 Å². The number of fused-ring (bicyclic) bond motifs is 1. The van der Waals surface area contributed by atoms with Gasteiger partial charge >= 0.3 is 0 Å². The molecule has 13 heteroatoms. The highest BCUT2D eigenvalue weighted by Crippen LogP contribution is 2.35. The number of nitrogens with one attached hydrogen (secondary N) is 1. The summed E-state index contributed by atoms with van der Waals surface area (Å²) in [6.07, 6.45) is 4.66. The third-order valence-electron chi connectivity index (χ3n) is 7.01. The van der Waals surface area contributed by atoms with E-state index in [2.05, 4.69) is 26.7 Å². The number of hydrogen-bond donors (Lipinski definition) is 2. The Balaban J connectivity index is 1.48. The molecule has 2 aliphatic heterocycles. The average molecular weight is 603 g/mol. The van der Waals surface area contributed by atoms with Crippen LogP contribution < -0.4 is 9.62 Å². The normalized spacial score (nSPS) is 22.0. The number of rotatable bonds is 5. The van der Waals surface area contributed by atoms with Crippen molar-refractivity contribution in [3.05, 3.63) is 51.8 Å². The van der Waals surface area contributed by atoms with E-state index in [9.17, 15) is 23.6 Å². The van der Waals surface area contributed by atoms with Gasteiger partial charge in [0.25, 0.3) is 5.91 Å². The van der Waals surface area contributed by atoms with E-state index in [1.54, 1.807) is 27.6 Å². The number of halogens is 1. The topological polar surface area (TPSA) is 144 Å². The standard InChI is InChI=1S/C25H28BrN7O4S/c1-15-12-33-22(28-24(15)31-13-16(11-27)21(34)14-31)10-19(29-33)20-8-3-4-9-32(20)25(35)17-6-5-7-18(26)23(17)30-38(2,36)37/h5-7,10,12,16,20-21,30,34H,3-4,8-9,13-14H2,1-2H3/t16-,20-,21+/m1/s1. The number of piperidine rings is 1. The average Bonchev–Trinajstić information content (AvgIpc) is 3.46. The predicted octanol–water partition coefficient (Wildman–Crippen LogP) is 2.86. The van der Waals surface area contributed by atoms with Crippen molar-refractivity contribution in [2.24, 2.45) is 5.92 Å². The molecule has 2 aromatic heterocycles. The van der Waals surface area contributed by atoms with E-state index in [1.165, 1.54) is 0 Å². The SMILES string of the molecule is Cc1cn2nc([C@H]3CCCCN3C(=O)c3cccc(Br)c3NS(C)(=O)=O)cc2nc1N1C[C@@H](C#N)[C@@H](O)C1. The number of carbonyl (C=O) groups excluding carboxylic acids is 1. The lowest BCUT2D eigenvalue weighted by atomic mass is 9.98. The molecule has 0 unspecified atom stereocenters. The Morgan fingerprint density at radius 1 is 1.29 bits per heavy atom. The van der Waals surface area contributed by atoms with Crippen LogP contribution in [0, 0.1) is 24.2 Å². The molecule has 0 bridgehead atoms. The maximum Gasteiger partial charge on any atom is 0.256 e. The van der Waals surface area contributed by atoms with Gasteiger partial charge in [-0.1, -0.05) is 6.07 Å². The summed E-state index contributed by atoms with van der Waals surface area (Å²) in [4.78, 5) is 22.3. The maximum absolute atomic E-state index is 13.8. The minimum atomic E-state index is -3.61. The smallest absolute Gasteiger partial charge is 0.256 e. The summed E-state index contributed by atoms with van der Waals surface area (Å²) in [5.41, 5.74) is 2.64. The first-order valence-electron chi connectivity index (χ1n) is 12.3. The first kappa shape index (κ1) is 26.4. The number of aromatic nitrogens is 3. The van der Waals surface area contributed by atoms with Crippen LogP contribution >= 0.6 is 15.9 Å². The molecule has 3 atom stereocenters. The Morgan fingerprint density at radius 2 is 2.08 bits per heavy atom. The van der Waals surface area contributed by atoms with E-state index >= 15 is 0 Å². The molecule has 2 fully saturated rings. The van der Waals surface area contributed by atoms with Crippen LogP contribution in [0.1, 0.15) is 46.9 Å². The summed E-state index contributed by atoms with van der Waals surface area (Å²) in [5.74, 6) is -0.0459. The fourth-order valence-electron chi connectivity index (χ4n) is 5.22. The van der Waals surface area contributed by atoms with Gasteiger partial charge in [0, 0.05) is 41.9 Å². The molecule has 200 valence electrons. The molecule has 0 saturated carbocycles. The van der Waals surface area contributed by atoms with Gasteiger partial charge in [-0.3, -0.25) is 9.52 Å². The molecule has 0 spiro atoms. The second kappa shape index (κ2) is 10.2. The van der Waals surface area contributed by atoms with Crippen molar-refractivity contribution < 1.29 is 18.3 Å². The van der Waals surface area contributed by atoms with Gasteiger partial charge in [0.2, 0.25) is 10.0 Å². The summed E-state index contributed by atoms with van der Waals surface area (Å²) in [7, 11) is -3.61. The number of aryl methyl sites for hydroxylation is 1. The quantitative estimate of drug-likeness (QED) is 0.454. The van der Waals surface area contributed by atoms with E-state index in [0.717, 1.165) is 24.7 Å². The van der Waals surface area contributed by atoms with Crippen molar-refractivity contribution in [3.63, 3.8) is 0 Å². The monoisotopic (exact) mass is 601 g/mol. The number of nitrogens with zero attached hydrogens (tertiary/aromatic N) is 6. The minimum absolute atomic E-state index is 0.213. The molecular weight excluding hydrogens is 574 g/mol. The second-order valence-corrected chi connectivity index (χ2v) is 12.5. The summed E-state index contributed by atoms with van der Waals surface area (Å²) >= 11 is 3.37. The van der Waals surface area contributed by atoms with Gasteiger partial charge in [0.15, 0.2) is 5.65 Å². The minimum Gasteiger partial charge on any atom is -0.390 e. The van der Waals surface area contributed by atoms with Crippen molar-refractivity contribution in [1.82, 2.24) is 19.5 Å². The first-order chi connectivity index (χ1) is 18.1. The molecule has 0 aliphatic carbocycles. The van der Waals surface area contributed by atoms with Crippen LogP contribution in [0.3, 0.4) is 0 Å². The second-order valence-electron chi connectivity index (χ2n) is 9.87. The molecule has 1 aromatic carbocycles. The predicted molar refractivity (Wildman–Crippen MR) is 145 cm³/mol. The number of hydrogen-bond acceptors (Lipinski definition) is 8. The van der Waals surface area contributed by atoms with Gasteiger partial charge in [-0.05, 0) is 54.2 Å². The van der Waals surface area contributed by atoms with Crippen LogP contribution in [0.25, 0.3) is 5.65 Å². The Labute approximate surface area is 229 Å². The Kier molecular flexibility index (Phi) is 7.06. The zero-order chi connectivity index (χ0) is 27.2. The number of likely N-dealkylation sites (tertiary alicyclic amines) is 1. The number of sulfonamides is 1. The number of nitriles is 1. The van der Waals surface area contributed by atoms with Crippen molar-refractivity contribution in [1.29, 1.82) is 5.26 Å². The number of aliphatic hydroxyl groups excluding tert-OH is 1. The Hall–Kier alpha value is -3.21. The summed E-state index contributed by atoms with van der Waals surface area (Å²) in [6, 6.07) is 8.72. The highest BCUT2D eigenvalue weighted by molar-refractivity contribution is 9.10. The number of aliphatic hydroxyl groups is 1. The van der Waals surface area contributed by atoms with Crippen molar-refractivity contribution in [3.8, 4) is 6.07 Å². The lowest BCUT2D eigenvalue weighted by Crippen LogP contribution is -2.39. The van der Waals surface area contributed by atoms with Gasteiger partial charge in [0.05, 0.1) is 47.3 Å². The molecule has 2 N–H and O–H groups in total. The molecule has 0 radical (unpaired) electrons. The zero-order valence-corrected chi connectivity index (χ0v) is 23.4. The Bertz CT molecular complexity index is 1550. The third kappa shape index (κ3) is 5.08. The lowest BCUT2D eigenvalue weighted by Gasteiger charge is -2.35. The molecule has 1 amide bonds. The lowest BCUT2D eigenvalue weighted by molar-refractivity contribution is 0.0606. The summed E-state index contributed by atoms with van der Waals surface area (Å²) < 4.78 is 28.6. The third-order valence-corrected chi connectivity index (χ3v) is 8.25.